The number of halogens is 3. The zero-order valence-corrected chi connectivity index (χ0v) is 6.99. The summed E-state index contributed by atoms with van der Waals surface area (Å²) in [5, 5.41) is 2.95. The smallest absolute Gasteiger partial charge is 0.319 e. The zero-order chi connectivity index (χ0) is 9.19. The van der Waals surface area contributed by atoms with Gasteiger partial charge in [-0.25, -0.2) is 0 Å². The van der Waals surface area contributed by atoms with Crippen LogP contribution in [0.25, 0.3) is 0 Å². The molecule has 0 radical (unpaired) electrons. The molecule has 0 amide bonds. The van der Waals surface area contributed by atoms with E-state index in [1.807, 2.05) is 7.05 Å². The molecule has 5 heteroatoms. The molecule has 1 aliphatic rings. The molecule has 0 aromatic rings. The molecule has 0 aromatic carbocycles. The minimum Gasteiger partial charge on any atom is -0.319 e. The maximum Gasteiger partial charge on any atom is 0.401 e. The van der Waals surface area contributed by atoms with Crippen molar-refractivity contribution in [3.8, 4) is 0 Å². The van der Waals surface area contributed by atoms with Crippen LogP contribution in [0.2, 0.25) is 0 Å². The molecular weight excluding hydrogens is 169 g/mol. The SMILES string of the molecule is CNCC1CN(CC(F)(F)F)C1. The lowest BCUT2D eigenvalue weighted by atomic mass is 10.0. The fourth-order valence-electron chi connectivity index (χ4n) is 1.48. The zero-order valence-electron chi connectivity index (χ0n) is 6.99. The van der Waals surface area contributed by atoms with Crippen LogP contribution in [0, 0.1) is 5.92 Å². The molecule has 1 saturated heterocycles. The minimum absolute atomic E-state index is 0.400. The number of alkyl halides is 3. The molecule has 0 unspecified atom stereocenters. The van der Waals surface area contributed by atoms with Crippen LogP contribution in [0.5, 0.6) is 0 Å². The Kier molecular flexibility index (Phi) is 2.95. The third-order valence-electron chi connectivity index (χ3n) is 1.93. The molecule has 1 aliphatic heterocycles. The monoisotopic (exact) mass is 182 g/mol. The van der Waals surface area contributed by atoms with E-state index in [0.29, 0.717) is 19.0 Å². The van der Waals surface area contributed by atoms with Crippen LogP contribution in [0.15, 0.2) is 0 Å². The Morgan fingerprint density at radius 3 is 2.42 bits per heavy atom. The topological polar surface area (TPSA) is 15.3 Å². The third-order valence-corrected chi connectivity index (χ3v) is 1.93. The van der Waals surface area contributed by atoms with Crippen LogP contribution in [0.4, 0.5) is 13.2 Å². The summed E-state index contributed by atoms with van der Waals surface area (Å²) in [5.41, 5.74) is 0. The molecule has 0 saturated carbocycles. The van der Waals surface area contributed by atoms with Crippen molar-refractivity contribution in [3.05, 3.63) is 0 Å². The Balaban J connectivity index is 2.10. The highest BCUT2D eigenvalue weighted by Gasteiger charge is 2.36. The Morgan fingerprint density at radius 1 is 1.42 bits per heavy atom. The summed E-state index contributed by atoms with van der Waals surface area (Å²) in [6.07, 6.45) is -4.04. The lowest BCUT2D eigenvalue weighted by Gasteiger charge is -2.39. The standard InChI is InChI=1S/C7H13F3N2/c1-11-2-6-3-12(4-6)5-7(8,9)10/h6,11H,2-5H2,1H3. The molecule has 0 spiro atoms. The van der Waals surface area contributed by atoms with E-state index in [2.05, 4.69) is 5.32 Å². The van der Waals surface area contributed by atoms with Crippen LogP contribution in [-0.2, 0) is 0 Å². The van der Waals surface area contributed by atoms with Gasteiger partial charge >= 0.3 is 6.18 Å². The third kappa shape index (κ3) is 2.98. The van der Waals surface area contributed by atoms with E-state index in [4.69, 9.17) is 0 Å². The van der Waals surface area contributed by atoms with E-state index in [1.165, 1.54) is 4.90 Å². The number of likely N-dealkylation sites (tertiary alicyclic amines) is 1. The summed E-state index contributed by atoms with van der Waals surface area (Å²) < 4.78 is 35.3. The average Bonchev–Trinajstić information content (AvgIpc) is 1.80. The second-order valence-corrected chi connectivity index (χ2v) is 3.23. The largest absolute Gasteiger partial charge is 0.401 e. The van der Waals surface area contributed by atoms with Crippen LogP contribution in [-0.4, -0.2) is 44.3 Å². The maximum atomic E-state index is 11.8. The van der Waals surface area contributed by atoms with E-state index < -0.39 is 12.7 Å². The van der Waals surface area contributed by atoms with E-state index in [0.717, 1.165) is 6.54 Å². The van der Waals surface area contributed by atoms with Gasteiger partial charge in [0.25, 0.3) is 0 Å². The molecule has 1 rings (SSSR count). The van der Waals surface area contributed by atoms with Crippen molar-refractivity contribution in [1.29, 1.82) is 0 Å². The van der Waals surface area contributed by atoms with Crippen molar-refractivity contribution < 1.29 is 13.2 Å². The summed E-state index contributed by atoms with van der Waals surface area (Å²) in [6, 6.07) is 0. The molecule has 2 nitrogen and oxygen atoms in total. The summed E-state index contributed by atoms with van der Waals surface area (Å²) >= 11 is 0. The first-order valence-electron chi connectivity index (χ1n) is 3.95. The number of hydrogen-bond donors (Lipinski definition) is 1. The van der Waals surface area contributed by atoms with Gasteiger partial charge in [-0.3, -0.25) is 4.90 Å². The summed E-state index contributed by atoms with van der Waals surface area (Å²) in [6.45, 7) is 1.20. The predicted octanol–water partition coefficient (Wildman–Crippen LogP) is 0.700. The highest BCUT2D eigenvalue weighted by molar-refractivity contribution is 4.82. The molecule has 1 heterocycles. The summed E-state index contributed by atoms with van der Waals surface area (Å²) in [4.78, 5) is 1.42. The van der Waals surface area contributed by atoms with Crippen molar-refractivity contribution >= 4 is 0 Å². The number of nitrogens with one attached hydrogen (secondary N) is 1. The van der Waals surface area contributed by atoms with E-state index in [9.17, 15) is 13.2 Å². The van der Waals surface area contributed by atoms with E-state index >= 15 is 0 Å². The first-order valence-corrected chi connectivity index (χ1v) is 3.95. The molecule has 12 heavy (non-hydrogen) atoms. The highest BCUT2D eigenvalue weighted by atomic mass is 19.4. The summed E-state index contributed by atoms with van der Waals surface area (Å²) in [7, 11) is 1.81. The van der Waals surface area contributed by atoms with Gasteiger partial charge in [0.05, 0.1) is 6.54 Å². The molecule has 1 fully saturated rings. The minimum atomic E-state index is -4.04. The van der Waals surface area contributed by atoms with Gasteiger partial charge in [0, 0.05) is 19.6 Å². The number of nitrogens with zero attached hydrogens (tertiary/aromatic N) is 1. The molecule has 1 N–H and O–H groups in total. The molecular formula is C7H13F3N2. The second-order valence-electron chi connectivity index (χ2n) is 3.23. The maximum absolute atomic E-state index is 11.8. The van der Waals surface area contributed by atoms with Gasteiger partial charge < -0.3 is 5.32 Å². The fourth-order valence-corrected chi connectivity index (χ4v) is 1.48. The lowest BCUT2D eigenvalue weighted by molar-refractivity contribution is -0.158. The first kappa shape index (κ1) is 9.80. The first-order chi connectivity index (χ1) is 5.51. The Bertz CT molecular complexity index is 140. The van der Waals surface area contributed by atoms with Crippen molar-refractivity contribution in [2.75, 3.05) is 33.2 Å². The van der Waals surface area contributed by atoms with E-state index in [-0.39, 0.29) is 0 Å². The average molecular weight is 182 g/mol. The van der Waals surface area contributed by atoms with Gasteiger partial charge in [-0.1, -0.05) is 0 Å². The van der Waals surface area contributed by atoms with Crippen molar-refractivity contribution in [2.24, 2.45) is 5.92 Å². The van der Waals surface area contributed by atoms with E-state index in [1.54, 1.807) is 0 Å². The summed E-state index contributed by atoms with van der Waals surface area (Å²) in [5.74, 6) is 0.400. The Morgan fingerprint density at radius 2 is 2.00 bits per heavy atom. The van der Waals surface area contributed by atoms with Crippen LogP contribution >= 0.6 is 0 Å². The van der Waals surface area contributed by atoms with Gasteiger partial charge in [0.2, 0.25) is 0 Å². The van der Waals surface area contributed by atoms with Crippen LogP contribution in [0.1, 0.15) is 0 Å². The molecule has 0 aliphatic carbocycles. The van der Waals surface area contributed by atoms with Crippen molar-refractivity contribution in [3.63, 3.8) is 0 Å². The molecule has 72 valence electrons. The van der Waals surface area contributed by atoms with Crippen molar-refractivity contribution in [2.45, 2.75) is 6.18 Å². The molecule has 0 bridgehead atoms. The van der Waals surface area contributed by atoms with Crippen molar-refractivity contribution in [1.82, 2.24) is 10.2 Å². The van der Waals surface area contributed by atoms with Crippen LogP contribution in [0.3, 0.4) is 0 Å². The molecule has 0 atom stereocenters. The van der Waals surface area contributed by atoms with Gasteiger partial charge in [-0.05, 0) is 13.0 Å². The highest BCUT2D eigenvalue weighted by Crippen LogP contribution is 2.22. The lowest BCUT2D eigenvalue weighted by Crippen LogP contribution is -2.53. The Hall–Kier alpha value is -0.290. The van der Waals surface area contributed by atoms with Gasteiger partial charge in [0.15, 0.2) is 0 Å². The van der Waals surface area contributed by atoms with Crippen LogP contribution < -0.4 is 5.32 Å². The second kappa shape index (κ2) is 3.62. The molecule has 0 aromatic heterocycles. The normalized spacial score (nSPS) is 21.0. The van der Waals surface area contributed by atoms with Gasteiger partial charge in [0.1, 0.15) is 0 Å². The van der Waals surface area contributed by atoms with Gasteiger partial charge in [-0.15, -0.1) is 0 Å². The Labute approximate surface area is 69.7 Å². The fraction of sp³-hybridized carbons (Fsp3) is 1.00. The predicted molar refractivity (Wildman–Crippen MR) is 39.9 cm³/mol. The number of rotatable bonds is 3. The quantitative estimate of drug-likeness (QED) is 0.691. The van der Waals surface area contributed by atoms with Gasteiger partial charge in [-0.2, -0.15) is 13.2 Å². The number of hydrogen-bond acceptors (Lipinski definition) is 2.